The van der Waals surface area contributed by atoms with Crippen molar-refractivity contribution in [2.24, 2.45) is 0 Å². The van der Waals surface area contributed by atoms with E-state index in [2.05, 4.69) is 20.5 Å². The van der Waals surface area contributed by atoms with Gasteiger partial charge in [0.1, 0.15) is 0 Å². The molecule has 0 atom stereocenters. The highest BCUT2D eigenvalue weighted by molar-refractivity contribution is 7.16. The molecule has 0 saturated heterocycles. The maximum absolute atomic E-state index is 12.5. The number of rotatable bonds is 4. The van der Waals surface area contributed by atoms with E-state index in [9.17, 15) is 4.79 Å². The summed E-state index contributed by atoms with van der Waals surface area (Å²) < 4.78 is 17.5. The number of carbonyl (C=O) groups is 1. The number of anilines is 1. The average molecular weight is 392 g/mol. The van der Waals surface area contributed by atoms with Crippen LogP contribution in [-0.4, -0.2) is 28.2 Å². The van der Waals surface area contributed by atoms with Crippen LogP contribution in [0.5, 0.6) is 5.75 Å². The standard InChI is InChI=1S/C19H12N4O4S/c1-25-13-4-2-3-10-7-14(26-16(10)13)18-22-23-19(27-18)21-17(24)11-5-6-12-15(8-11)28-9-20-12/h2-9H,1H3,(H,21,23,24). The molecule has 0 bridgehead atoms. The topological polar surface area (TPSA) is 103 Å². The van der Waals surface area contributed by atoms with Crippen molar-refractivity contribution >= 4 is 44.4 Å². The summed E-state index contributed by atoms with van der Waals surface area (Å²) in [7, 11) is 1.57. The SMILES string of the molecule is COc1cccc2cc(-c3nnc(NC(=O)c4ccc5ncsc5c4)o3)oc12. The molecule has 28 heavy (non-hydrogen) atoms. The number of benzene rings is 2. The predicted octanol–water partition coefficient (Wildman–Crippen LogP) is 4.35. The molecule has 9 heteroatoms. The zero-order valence-corrected chi connectivity index (χ0v) is 15.3. The van der Waals surface area contributed by atoms with Crippen molar-refractivity contribution in [1.82, 2.24) is 15.2 Å². The first-order valence-electron chi connectivity index (χ1n) is 8.26. The van der Waals surface area contributed by atoms with E-state index in [1.54, 1.807) is 43.0 Å². The number of para-hydroxylation sites is 1. The lowest BCUT2D eigenvalue weighted by atomic mass is 10.2. The Balaban J connectivity index is 1.40. The van der Waals surface area contributed by atoms with E-state index in [1.807, 2.05) is 12.1 Å². The summed E-state index contributed by atoms with van der Waals surface area (Å²) in [6.07, 6.45) is 0. The summed E-state index contributed by atoms with van der Waals surface area (Å²) in [6.45, 7) is 0. The summed E-state index contributed by atoms with van der Waals surface area (Å²) in [5, 5.41) is 11.3. The molecule has 3 heterocycles. The van der Waals surface area contributed by atoms with Crippen molar-refractivity contribution < 1.29 is 18.4 Å². The third-order valence-corrected chi connectivity index (χ3v) is 4.97. The molecule has 1 amide bonds. The number of fused-ring (bicyclic) bond motifs is 2. The molecule has 8 nitrogen and oxygen atoms in total. The lowest BCUT2D eigenvalue weighted by Crippen LogP contribution is -2.11. The van der Waals surface area contributed by atoms with Crippen LogP contribution in [0.2, 0.25) is 0 Å². The number of nitrogens with one attached hydrogen (secondary N) is 1. The highest BCUT2D eigenvalue weighted by atomic mass is 32.1. The Labute approximate surface area is 161 Å². The van der Waals surface area contributed by atoms with Crippen molar-refractivity contribution in [3.63, 3.8) is 0 Å². The lowest BCUT2D eigenvalue weighted by molar-refractivity contribution is 0.102. The van der Waals surface area contributed by atoms with Crippen LogP contribution in [0.1, 0.15) is 10.4 Å². The van der Waals surface area contributed by atoms with Crippen LogP contribution in [0.15, 0.2) is 56.8 Å². The smallest absolute Gasteiger partial charge is 0.322 e. The van der Waals surface area contributed by atoms with Crippen molar-refractivity contribution in [2.75, 3.05) is 12.4 Å². The largest absolute Gasteiger partial charge is 0.493 e. The van der Waals surface area contributed by atoms with Gasteiger partial charge in [-0.25, -0.2) is 4.98 Å². The highest BCUT2D eigenvalue weighted by Gasteiger charge is 2.17. The van der Waals surface area contributed by atoms with Gasteiger partial charge in [0.25, 0.3) is 11.8 Å². The Kier molecular flexibility index (Phi) is 3.80. The van der Waals surface area contributed by atoms with E-state index in [0.717, 1.165) is 15.6 Å². The Bertz CT molecular complexity index is 1320. The zero-order chi connectivity index (χ0) is 19.1. The molecule has 0 saturated carbocycles. The minimum atomic E-state index is -0.350. The van der Waals surface area contributed by atoms with E-state index in [1.165, 1.54) is 11.3 Å². The van der Waals surface area contributed by atoms with Gasteiger partial charge in [0.05, 0.1) is 22.8 Å². The summed E-state index contributed by atoms with van der Waals surface area (Å²) >= 11 is 1.47. The van der Waals surface area contributed by atoms with Gasteiger partial charge in [0, 0.05) is 10.9 Å². The zero-order valence-electron chi connectivity index (χ0n) is 14.5. The summed E-state index contributed by atoms with van der Waals surface area (Å²) in [4.78, 5) is 16.7. The van der Waals surface area contributed by atoms with Gasteiger partial charge in [-0.1, -0.05) is 17.2 Å². The van der Waals surface area contributed by atoms with Crippen molar-refractivity contribution in [3.8, 4) is 17.4 Å². The third kappa shape index (κ3) is 2.78. The molecule has 0 unspecified atom stereocenters. The monoisotopic (exact) mass is 392 g/mol. The predicted molar refractivity (Wildman–Crippen MR) is 104 cm³/mol. The van der Waals surface area contributed by atoms with Crippen LogP contribution >= 0.6 is 11.3 Å². The van der Waals surface area contributed by atoms with Gasteiger partial charge in [0.2, 0.25) is 0 Å². The minimum absolute atomic E-state index is 0.0168. The number of hydrogen-bond donors (Lipinski definition) is 1. The van der Waals surface area contributed by atoms with Crippen molar-refractivity contribution in [1.29, 1.82) is 0 Å². The van der Waals surface area contributed by atoms with Crippen LogP contribution in [0.25, 0.3) is 32.8 Å². The second kappa shape index (κ2) is 6.46. The van der Waals surface area contributed by atoms with Crippen molar-refractivity contribution in [2.45, 2.75) is 0 Å². The molecule has 0 aliphatic carbocycles. The number of carbonyl (C=O) groups excluding carboxylic acids is 1. The van der Waals surface area contributed by atoms with Crippen molar-refractivity contribution in [3.05, 3.63) is 53.5 Å². The van der Waals surface area contributed by atoms with E-state index < -0.39 is 0 Å². The summed E-state index contributed by atoms with van der Waals surface area (Å²) in [5.74, 6) is 0.803. The molecule has 0 radical (unpaired) electrons. The van der Waals surface area contributed by atoms with E-state index in [4.69, 9.17) is 13.6 Å². The number of hydrogen-bond acceptors (Lipinski definition) is 8. The van der Waals surface area contributed by atoms with Crippen LogP contribution < -0.4 is 10.1 Å². The highest BCUT2D eigenvalue weighted by Crippen LogP contribution is 2.33. The molecule has 5 aromatic rings. The quantitative estimate of drug-likeness (QED) is 0.485. The maximum Gasteiger partial charge on any atom is 0.322 e. The van der Waals surface area contributed by atoms with Gasteiger partial charge in [-0.3, -0.25) is 10.1 Å². The van der Waals surface area contributed by atoms with E-state index >= 15 is 0 Å². The van der Waals surface area contributed by atoms with Gasteiger partial charge in [-0.2, -0.15) is 0 Å². The average Bonchev–Trinajstić information content (AvgIpc) is 3.45. The number of ether oxygens (including phenoxy) is 1. The van der Waals surface area contributed by atoms with E-state index in [-0.39, 0.29) is 17.8 Å². The molecule has 0 fully saturated rings. The Morgan fingerprint density at radius 2 is 2.07 bits per heavy atom. The van der Waals surface area contributed by atoms with Gasteiger partial charge in [0.15, 0.2) is 17.1 Å². The molecule has 5 rings (SSSR count). The summed E-state index contributed by atoms with van der Waals surface area (Å²) in [5.41, 5.74) is 3.65. The molecular weight excluding hydrogens is 380 g/mol. The molecular formula is C19H12N4O4S. The number of methoxy groups -OCH3 is 1. The van der Waals surface area contributed by atoms with Gasteiger partial charge in [-0.05, 0) is 30.3 Å². The summed E-state index contributed by atoms with van der Waals surface area (Å²) in [6, 6.07) is 12.6. The number of nitrogens with zero attached hydrogens (tertiary/aromatic N) is 3. The lowest BCUT2D eigenvalue weighted by Gasteiger charge is -2.00. The Hall–Kier alpha value is -3.72. The first-order chi connectivity index (χ1) is 13.7. The van der Waals surface area contributed by atoms with Crippen LogP contribution in [0.4, 0.5) is 6.01 Å². The third-order valence-electron chi connectivity index (χ3n) is 4.18. The van der Waals surface area contributed by atoms with Crippen LogP contribution in [0, 0.1) is 0 Å². The number of furan rings is 1. The number of amides is 1. The van der Waals surface area contributed by atoms with Gasteiger partial charge < -0.3 is 13.6 Å². The molecule has 0 aliphatic rings. The first kappa shape index (κ1) is 16.5. The molecule has 1 N–H and O–H groups in total. The number of thiazole rings is 1. The second-order valence-electron chi connectivity index (χ2n) is 5.89. The molecule has 0 aliphatic heterocycles. The van der Waals surface area contributed by atoms with Crippen LogP contribution in [0.3, 0.4) is 0 Å². The molecule has 3 aromatic heterocycles. The molecule has 0 spiro atoms. The van der Waals surface area contributed by atoms with Crippen LogP contribution in [-0.2, 0) is 0 Å². The minimum Gasteiger partial charge on any atom is -0.493 e. The van der Waals surface area contributed by atoms with Gasteiger partial charge in [-0.15, -0.1) is 16.4 Å². The van der Waals surface area contributed by atoms with E-state index in [0.29, 0.717) is 22.7 Å². The fourth-order valence-corrected chi connectivity index (χ4v) is 3.56. The first-order valence-corrected chi connectivity index (χ1v) is 9.14. The number of aromatic nitrogens is 3. The fraction of sp³-hybridized carbons (Fsp3) is 0.0526. The molecule has 2 aromatic carbocycles. The Morgan fingerprint density at radius 3 is 2.96 bits per heavy atom. The second-order valence-corrected chi connectivity index (χ2v) is 6.78. The fourth-order valence-electron chi connectivity index (χ4n) is 2.84. The van der Waals surface area contributed by atoms with Gasteiger partial charge >= 0.3 is 6.01 Å². The maximum atomic E-state index is 12.5. The normalized spacial score (nSPS) is 11.2. The molecule has 138 valence electrons. The Morgan fingerprint density at radius 1 is 1.14 bits per heavy atom.